The van der Waals surface area contributed by atoms with Gasteiger partial charge in [-0.2, -0.15) is 0 Å². The summed E-state index contributed by atoms with van der Waals surface area (Å²) in [4.78, 5) is 136. The van der Waals surface area contributed by atoms with E-state index in [0.29, 0.717) is 155 Å². The smallest absolute Gasteiger partial charge is 0.253 e. The maximum absolute atomic E-state index is 12.6. The van der Waals surface area contributed by atoms with Gasteiger partial charge >= 0.3 is 0 Å². The Morgan fingerprint density at radius 2 is 0.419 bits per heavy atom. The van der Waals surface area contributed by atoms with Gasteiger partial charge in [0.2, 0.25) is 0 Å². The minimum Gasteiger partial charge on any atom is -0.380 e. The number of hydrogen-bond donors (Lipinski definition) is 10. The summed E-state index contributed by atoms with van der Waals surface area (Å²) >= 11 is 0. The average Bonchev–Trinajstić information content (AvgIpc) is 2.79. The van der Waals surface area contributed by atoms with E-state index < -0.39 is 54.3 Å². The molecule has 1 heterocycles. The van der Waals surface area contributed by atoms with Crippen LogP contribution in [0.15, 0.2) is 78.3 Å². The lowest BCUT2D eigenvalue weighted by Crippen LogP contribution is -2.39. The number of benzene rings is 1. The maximum atomic E-state index is 12.6. The summed E-state index contributed by atoms with van der Waals surface area (Å²) in [6, 6.07) is 10.1. The largest absolute Gasteiger partial charge is 0.380 e. The molecule has 0 fully saturated rings. The molecule has 0 aromatic heterocycles. The molecular weight excluding hydrogens is 1100 g/mol. The van der Waals surface area contributed by atoms with E-state index in [9.17, 15) is 47.9 Å². The highest BCUT2D eigenvalue weighted by Gasteiger charge is 2.25. The number of hydrogen-bond acceptors (Lipinski definition) is 25. The topological polar surface area (TPSA) is 307 Å². The van der Waals surface area contributed by atoms with Gasteiger partial charge in [-0.1, -0.05) is 30.3 Å². The van der Waals surface area contributed by atoms with Gasteiger partial charge in [-0.15, -0.1) is 0 Å². The van der Waals surface area contributed by atoms with Crippen LogP contribution in [0.5, 0.6) is 0 Å². The van der Waals surface area contributed by atoms with E-state index in [4.69, 9.17) is 0 Å². The molecule has 10 N–H and O–H groups in total. The predicted molar refractivity (Wildman–Crippen MR) is 350 cm³/mol. The molecule has 0 radical (unpaired) electrons. The third-order valence-electron chi connectivity index (χ3n) is 15.9. The van der Waals surface area contributed by atoms with Gasteiger partial charge in [0, 0.05) is 85.1 Å². The molecule has 6 aromatic carbocycles. The second-order valence-electron chi connectivity index (χ2n) is 22.8. The van der Waals surface area contributed by atoms with Gasteiger partial charge in [-0.3, -0.25) is 52.8 Å². The predicted octanol–water partition coefficient (Wildman–Crippen LogP) is 0.730. The van der Waals surface area contributed by atoms with Crippen molar-refractivity contribution in [3.05, 3.63) is 138 Å². The highest BCUT2D eigenvalue weighted by molar-refractivity contribution is 5.76. The molecule has 86 heavy (non-hydrogen) atoms. The van der Waals surface area contributed by atoms with Gasteiger partial charge in [0.15, 0.2) is 0 Å². The van der Waals surface area contributed by atoms with Crippen LogP contribution in [0.3, 0.4) is 0 Å². The standard InChI is InChI=1S/C61H89N15O10/c1-72-30-8-20-62-42-43(53(78)52(42)77)63-21-9-31-73(2)33-11-23-65-45-47(57(82)55(45)80)67-25-13-35-75(4)37-15-27-69-49-51(61(86)59(49)84)71-29-17-39-76(40-41-18-6-5-7-19-41)38-16-28-70-50-48(58(83)60(50)85)68-26-14-36-74(3)34-12-24-66-46-44(54(79)56(46)81)64-22-10-32-72/h5-7,18-19,62-71H,8-17,20-40H2,1-4H3. The van der Waals surface area contributed by atoms with Crippen molar-refractivity contribution in [2.24, 2.45) is 0 Å². The molecule has 468 valence electrons. The first-order valence-corrected chi connectivity index (χ1v) is 30.6. The lowest BCUT2D eigenvalue weighted by Gasteiger charge is -2.23. The zero-order chi connectivity index (χ0) is 61.5. The summed E-state index contributed by atoms with van der Waals surface area (Å²) < 4.78 is 0. The van der Waals surface area contributed by atoms with Gasteiger partial charge in [0.25, 0.3) is 54.3 Å². The number of rotatable bonds is 2. The lowest BCUT2D eigenvalue weighted by molar-refractivity contribution is 0.263. The zero-order valence-corrected chi connectivity index (χ0v) is 50.6. The minimum atomic E-state index is -0.535. The Bertz CT molecular complexity index is 3270. The van der Waals surface area contributed by atoms with Crippen molar-refractivity contribution in [2.75, 3.05) is 212 Å². The van der Waals surface area contributed by atoms with Crippen LogP contribution in [0, 0.1) is 0 Å². The highest BCUT2D eigenvalue weighted by atomic mass is 16.2. The second kappa shape index (κ2) is 33.4. The first-order valence-electron chi connectivity index (χ1n) is 30.6. The Hall–Kier alpha value is -7.58. The van der Waals surface area contributed by atoms with Gasteiger partial charge in [-0.05, 0) is 150 Å². The zero-order valence-electron chi connectivity index (χ0n) is 50.6. The van der Waals surface area contributed by atoms with Crippen molar-refractivity contribution in [2.45, 2.75) is 70.8 Å². The monoisotopic (exact) mass is 1190 g/mol. The second-order valence-corrected chi connectivity index (χ2v) is 22.8. The number of nitrogens with one attached hydrogen (secondary N) is 10. The summed E-state index contributed by atoms with van der Waals surface area (Å²) in [6.07, 6.45) is 7.18. The van der Waals surface area contributed by atoms with Crippen molar-refractivity contribution in [1.82, 2.24) is 24.5 Å². The van der Waals surface area contributed by atoms with Gasteiger partial charge in [0.05, 0.1) is 0 Å². The fourth-order valence-electron chi connectivity index (χ4n) is 10.7. The van der Waals surface area contributed by atoms with E-state index in [2.05, 4.69) is 89.8 Å². The third-order valence-corrected chi connectivity index (χ3v) is 15.9. The van der Waals surface area contributed by atoms with Crippen LogP contribution in [0.2, 0.25) is 0 Å². The van der Waals surface area contributed by atoms with Crippen LogP contribution in [0.25, 0.3) is 0 Å². The van der Waals surface area contributed by atoms with Crippen LogP contribution < -0.4 is 107 Å². The molecule has 0 atom stereocenters. The molecule has 25 nitrogen and oxygen atoms in total. The molecule has 0 amide bonds. The van der Waals surface area contributed by atoms with Crippen LogP contribution in [0.1, 0.15) is 69.8 Å². The number of anilines is 10. The molecule has 0 unspecified atom stereocenters. The van der Waals surface area contributed by atoms with Gasteiger partial charge in [0.1, 0.15) is 56.9 Å². The van der Waals surface area contributed by atoms with E-state index in [0.717, 1.165) is 109 Å². The Morgan fingerprint density at radius 3 is 0.593 bits per heavy atom. The normalized spacial score (nSPS) is 18.7. The van der Waals surface area contributed by atoms with E-state index in [1.807, 2.05) is 46.4 Å². The molecule has 0 saturated carbocycles. The van der Waals surface area contributed by atoms with Crippen LogP contribution in [-0.2, 0) is 6.54 Å². The molecule has 25 heteroatoms. The van der Waals surface area contributed by atoms with Crippen LogP contribution in [0.4, 0.5) is 56.9 Å². The molecule has 1 aliphatic heterocycles. The fourth-order valence-corrected chi connectivity index (χ4v) is 10.7. The highest BCUT2D eigenvalue weighted by Crippen LogP contribution is 2.19. The first-order chi connectivity index (χ1) is 41.5. The number of nitrogens with zero attached hydrogens (tertiary/aromatic N) is 5. The Morgan fingerprint density at radius 1 is 0.256 bits per heavy atom. The molecule has 1 aliphatic rings. The summed E-state index contributed by atoms with van der Waals surface area (Å²) in [6.45, 7) is 12.9. The summed E-state index contributed by atoms with van der Waals surface area (Å²) in [5.41, 5.74) is -1.09. The molecule has 0 aliphatic carbocycles. The Kier molecular flexibility index (Phi) is 25.6. The fraction of sp³-hybridized carbons (Fsp3) is 0.574. The molecule has 0 spiro atoms. The van der Waals surface area contributed by atoms with Crippen molar-refractivity contribution in [3.63, 3.8) is 0 Å². The van der Waals surface area contributed by atoms with Crippen molar-refractivity contribution in [3.8, 4) is 0 Å². The van der Waals surface area contributed by atoms with Crippen molar-refractivity contribution in [1.29, 1.82) is 0 Å². The van der Waals surface area contributed by atoms with E-state index >= 15 is 0 Å². The molecular formula is C61H89N15O10. The minimum absolute atomic E-state index is 0.305. The van der Waals surface area contributed by atoms with E-state index in [1.165, 1.54) is 0 Å². The lowest BCUT2D eigenvalue weighted by atomic mass is 10.1. The Balaban J connectivity index is 0.875. The Labute approximate surface area is 500 Å². The average molecular weight is 1190 g/mol. The number of fused-ring (bicyclic) bond motifs is 5. The summed E-state index contributed by atoms with van der Waals surface area (Å²) in [5.74, 6) is 0. The molecule has 0 bridgehead atoms. The summed E-state index contributed by atoms with van der Waals surface area (Å²) in [7, 11) is 7.95. The van der Waals surface area contributed by atoms with Crippen molar-refractivity contribution >= 4 is 56.9 Å². The van der Waals surface area contributed by atoms with Crippen LogP contribution >= 0.6 is 0 Å². The van der Waals surface area contributed by atoms with Crippen molar-refractivity contribution < 1.29 is 0 Å². The maximum Gasteiger partial charge on any atom is 0.253 e. The molecule has 0 saturated heterocycles. The quantitative estimate of drug-likeness (QED) is 0.107. The third kappa shape index (κ3) is 18.2. The first kappa shape index (κ1) is 66.0. The summed E-state index contributed by atoms with van der Waals surface area (Å²) in [5, 5.41) is 31.5. The van der Waals surface area contributed by atoms with Gasteiger partial charge in [-0.25, -0.2) is 0 Å². The molecule has 6 aromatic rings. The van der Waals surface area contributed by atoms with E-state index in [-0.39, 0.29) is 0 Å². The SMILES string of the molecule is CN1CCCNc2c(c(=O)c2=O)NCCCN(C)CCCNc2c(c(=O)c2=O)NCCCN(C)CCCNc2c(c(=O)c2=O)NCCCN(Cc2ccccc2)CCCNc2c(c(=O)c2=O)NCCCN(C)CCCNc2c(c(=O)c2=O)NCCC1. The van der Waals surface area contributed by atoms with E-state index in [1.54, 1.807) is 0 Å². The molecule has 7 rings (SSSR count). The van der Waals surface area contributed by atoms with Crippen LogP contribution in [-0.4, -0.2) is 184 Å². The van der Waals surface area contributed by atoms with Gasteiger partial charge < -0.3 is 72.8 Å².